The van der Waals surface area contributed by atoms with Crippen molar-refractivity contribution in [3.63, 3.8) is 0 Å². The van der Waals surface area contributed by atoms with Gasteiger partial charge in [0.1, 0.15) is 6.04 Å². The number of fused-ring (bicyclic) bond motifs is 1. The number of nitrogens with one attached hydrogen (secondary N) is 2. The Hall–Kier alpha value is -1.88. The number of piperidine rings is 1. The molecule has 0 aromatic heterocycles. The van der Waals surface area contributed by atoms with Crippen LogP contribution in [-0.2, 0) is 9.59 Å². The highest BCUT2D eigenvalue weighted by Gasteiger charge is 2.41. The summed E-state index contributed by atoms with van der Waals surface area (Å²) >= 11 is 0. The van der Waals surface area contributed by atoms with Gasteiger partial charge in [0, 0.05) is 23.2 Å². The summed E-state index contributed by atoms with van der Waals surface area (Å²) in [5.41, 5.74) is 1.87. The lowest BCUT2D eigenvalue weighted by molar-refractivity contribution is -0.129. The van der Waals surface area contributed by atoms with Gasteiger partial charge in [-0.3, -0.25) is 9.59 Å². The first-order valence-electron chi connectivity index (χ1n) is 8.02. The van der Waals surface area contributed by atoms with E-state index in [0.29, 0.717) is 0 Å². The lowest BCUT2D eigenvalue weighted by Crippen LogP contribution is -2.47. The fourth-order valence-electron chi connectivity index (χ4n) is 3.23. The quantitative estimate of drug-likeness (QED) is 0.891. The molecule has 1 aromatic carbocycles. The van der Waals surface area contributed by atoms with Crippen molar-refractivity contribution in [3.8, 4) is 0 Å². The number of anilines is 1. The molecule has 1 fully saturated rings. The first-order chi connectivity index (χ1) is 10.6. The van der Waals surface area contributed by atoms with Crippen molar-refractivity contribution in [1.29, 1.82) is 0 Å². The molecule has 1 unspecified atom stereocenters. The van der Waals surface area contributed by atoms with E-state index in [4.69, 9.17) is 0 Å². The van der Waals surface area contributed by atoms with Crippen LogP contribution >= 0.6 is 0 Å². The molecule has 1 atom stereocenters. The predicted octanol–water partition coefficient (Wildman–Crippen LogP) is 1.60. The van der Waals surface area contributed by atoms with Gasteiger partial charge in [-0.15, -0.1) is 0 Å². The third-order valence-corrected chi connectivity index (χ3v) is 4.48. The third-order valence-electron chi connectivity index (χ3n) is 4.48. The van der Waals surface area contributed by atoms with E-state index >= 15 is 0 Å². The van der Waals surface area contributed by atoms with Crippen LogP contribution in [0.15, 0.2) is 24.3 Å². The van der Waals surface area contributed by atoms with Crippen molar-refractivity contribution in [2.75, 3.05) is 18.0 Å². The molecular formula is C17H23N3O2. The van der Waals surface area contributed by atoms with Gasteiger partial charge in [-0.25, -0.2) is 0 Å². The van der Waals surface area contributed by atoms with Crippen molar-refractivity contribution in [2.45, 2.75) is 38.8 Å². The molecule has 1 aromatic rings. The molecule has 0 radical (unpaired) electrons. The number of carbonyl (C=O) groups is 2. The van der Waals surface area contributed by atoms with Crippen LogP contribution in [0.25, 0.3) is 0 Å². The molecule has 22 heavy (non-hydrogen) atoms. The first-order valence-corrected chi connectivity index (χ1v) is 8.02. The van der Waals surface area contributed by atoms with Crippen LogP contribution in [0.2, 0.25) is 0 Å². The van der Waals surface area contributed by atoms with Gasteiger partial charge in [-0.1, -0.05) is 32.0 Å². The number of nitrogens with zero attached hydrogens (tertiary/aromatic N) is 1. The fourth-order valence-corrected chi connectivity index (χ4v) is 3.23. The maximum atomic E-state index is 12.9. The summed E-state index contributed by atoms with van der Waals surface area (Å²) in [6.07, 6.45) is 1.90. The Labute approximate surface area is 131 Å². The highest BCUT2D eigenvalue weighted by Crippen LogP contribution is 2.38. The maximum Gasteiger partial charge on any atom is 0.254 e. The van der Waals surface area contributed by atoms with E-state index < -0.39 is 6.04 Å². The van der Waals surface area contributed by atoms with Gasteiger partial charge in [-0.05, 0) is 32.0 Å². The van der Waals surface area contributed by atoms with E-state index in [2.05, 4.69) is 10.6 Å². The zero-order valence-electron chi connectivity index (χ0n) is 13.1. The van der Waals surface area contributed by atoms with Crippen molar-refractivity contribution in [1.82, 2.24) is 10.6 Å². The van der Waals surface area contributed by atoms with Gasteiger partial charge >= 0.3 is 0 Å². The normalized spacial score (nSPS) is 22.0. The van der Waals surface area contributed by atoms with Crippen LogP contribution in [0.1, 0.15) is 38.3 Å². The van der Waals surface area contributed by atoms with E-state index in [-0.39, 0.29) is 23.8 Å². The number of rotatable bonds is 3. The molecule has 0 bridgehead atoms. The second-order valence-corrected chi connectivity index (χ2v) is 6.34. The molecule has 5 nitrogen and oxygen atoms in total. The Bertz CT molecular complexity index is 579. The smallest absolute Gasteiger partial charge is 0.254 e. The first kappa shape index (κ1) is 15.0. The van der Waals surface area contributed by atoms with Crippen LogP contribution in [-0.4, -0.2) is 30.9 Å². The second kappa shape index (κ2) is 6.08. The maximum absolute atomic E-state index is 12.9. The molecule has 2 aliphatic heterocycles. The van der Waals surface area contributed by atoms with Gasteiger partial charge in [0.25, 0.3) is 5.91 Å². The number of hydrogen-bond donors (Lipinski definition) is 2. The summed E-state index contributed by atoms with van der Waals surface area (Å²) < 4.78 is 0. The number of amides is 2. The molecule has 118 valence electrons. The van der Waals surface area contributed by atoms with Gasteiger partial charge in [0.05, 0.1) is 0 Å². The van der Waals surface area contributed by atoms with Crippen LogP contribution in [0, 0.1) is 5.92 Å². The Morgan fingerprint density at radius 1 is 1.27 bits per heavy atom. The molecule has 2 heterocycles. The Balaban J connectivity index is 1.90. The zero-order valence-corrected chi connectivity index (χ0v) is 13.1. The van der Waals surface area contributed by atoms with E-state index in [1.165, 1.54) is 0 Å². The molecule has 2 aliphatic rings. The Morgan fingerprint density at radius 2 is 1.95 bits per heavy atom. The summed E-state index contributed by atoms with van der Waals surface area (Å²) in [4.78, 5) is 26.9. The van der Waals surface area contributed by atoms with Gasteiger partial charge < -0.3 is 15.5 Å². The summed E-state index contributed by atoms with van der Waals surface area (Å²) in [5.74, 6) is -0.213. The summed E-state index contributed by atoms with van der Waals surface area (Å²) in [5, 5.41) is 6.24. The third kappa shape index (κ3) is 2.61. The highest BCUT2D eigenvalue weighted by molar-refractivity contribution is 6.06. The average molecular weight is 301 g/mol. The molecule has 2 amide bonds. The lowest BCUT2D eigenvalue weighted by atomic mass is 10.0. The molecule has 0 spiro atoms. The second-order valence-electron chi connectivity index (χ2n) is 6.34. The standard InChI is InChI=1S/C17H23N3O2/c1-11(2)16(21)19-15-13-5-3-4-6-14(13)20(17(15)22)12-7-9-18-10-8-12/h3-6,11-12,15,18H,7-10H2,1-2H3,(H,19,21). The van der Waals surface area contributed by atoms with Crippen LogP contribution in [0.4, 0.5) is 5.69 Å². The number of benzene rings is 1. The fraction of sp³-hybridized carbons (Fsp3) is 0.529. The number of hydrogen-bond acceptors (Lipinski definition) is 3. The molecule has 0 saturated carbocycles. The topological polar surface area (TPSA) is 61.4 Å². The van der Waals surface area contributed by atoms with E-state index in [0.717, 1.165) is 37.2 Å². The molecule has 1 saturated heterocycles. The van der Waals surface area contributed by atoms with E-state index in [1.54, 1.807) is 0 Å². The van der Waals surface area contributed by atoms with Crippen LogP contribution in [0.5, 0.6) is 0 Å². The average Bonchev–Trinajstić information content (AvgIpc) is 2.80. The van der Waals surface area contributed by atoms with Crippen molar-refractivity contribution in [2.24, 2.45) is 5.92 Å². The number of carbonyl (C=O) groups excluding carboxylic acids is 2. The van der Waals surface area contributed by atoms with Crippen molar-refractivity contribution < 1.29 is 9.59 Å². The zero-order chi connectivity index (χ0) is 15.7. The molecule has 2 N–H and O–H groups in total. The predicted molar refractivity (Wildman–Crippen MR) is 85.5 cm³/mol. The monoisotopic (exact) mass is 301 g/mol. The largest absolute Gasteiger partial charge is 0.340 e. The minimum Gasteiger partial charge on any atom is -0.340 e. The Morgan fingerprint density at radius 3 is 2.64 bits per heavy atom. The van der Waals surface area contributed by atoms with Crippen LogP contribution in [0.3, 0.4) is 0 Å². The van der Waals surface area contributed by atoms with E-state index in [9.17, 15) is 9.59 Å². The molecular weight excluding hydrogens is 278 g/mol. The van der Waals surface area contributed by atoms with Crippen molar-refractivity contribution >= 4 is 17.5 Å². The van der Waals surface area contributed by atoms with E-state index in [1.807, 2.05) is 43.0 Å². The summed E-state index contributed by atoms with van der Waals surface area (Å²) in [7, 11) is 0. The Kier molecular flexibility index (Phi) is 4.16. The van der Waals surface area contributed by atoms with Crippen LogP contribution < -0.4 is 15.5 Å². The molecule has 5 heteroatoms. The number of para-hydroxylation sites is 1. The highest BCUT2D eigenvalue weighted by atomic mass is 16.2. The van der Waals surface area contributed by atoms with Crippen molar-refractivity contribution in [3.05, 3.63) is 29.8 Å². The minimum absolute atomic E-state index is 0.00194. The van der Waals surface area contributed by atoms with Gasteiger partial charge in [0.2, 0.25) is 5.91 Å². The SMILES string of the molecule is CC(C)C(=O)NC1C(=O)N(C2CCNCC2)c2ccccc21. The summed E-state index contributed by atoms with van der Waals surface area (Å²) in [6, 6.07) is 7.48. The molecule has 0 aliphatic carbocycles. The minimum atomic E-state index is -0.541. The summed E-state index contributed by atoms with van der Waals surface area (Å²) in [6.45, 7) is 5.54. The molecule has 3 rings (SSSR count). The van der Waals surface area contributed by atoms with Gasteiger partial charge in [-0.2, -0.15) is 0 Å². The lowest BCUT2D eigenvalue weighted by Gasteiger charge is -2.32. The van der Waals surface area contributed by atoms with Gasteiger partial charge in [0.15, 0.2) is 0 Å².